The Morgan fingerprint density at radius 1 is 1.45 bits per heavy atom. The Morgan fingerprint density at radius 2 is 2.27 bits per heavy atom. The Morgan fingerprint density at radius 3 is 3.09 bits per heavy atom. The molecule has 0 saturated carbocycles. The van der Waals surface area contributed by atoms with E-state index in [1.807, 2.05) is 18.2 Å². The van der Waals surface area contributed by atoms with Crippen LogP contribution in [-0.4, -0.2) is 13.7 Å². The molecule has 1 aromatic rings. The van der Waals surface area contributed by atoms with E-state index in [-0.39, 0.29) is 0 Å². The minimum Gasteiger partial charge on any atom is -0.383 e. The minimum atomic E-state index is 0.604. The van der Waals surface area contributed by atoms with Crippen molar-refractivity contribution < 1.29 is 0 Å². The van der Waals surface area contributed by atoms with E-state index in [9.17, 15) is 0 Å². The van der Waals surface area contributed by atoms with Crippen molar-refractivity contribution in [3.63, 3.8) is 0 Å². The molecular weight excluding hydrogens is 135 g/mol. The van der Waals surface area contributed by atoms with Crippen LogP contribution in [0.2, 0.25) is 0 Å². The van der Waals surface area contributed by atoms with E-state index >= 15 is 0 Å². The summed E-state index contributed by atoms with van der Waals surface area (Å²) in [6.45, 7) is 0.696. The van der Waals surface area contributed by atoms with Gasteiger partial charge in [-0.3, -0.25) is 4.99 Å². The first-order valence-electron chi connectivity index (χ1n) is 3.46. The maximum atomic E-state index is 5.61. The van der Waals surface area contributed by atoms with E-state index in [4.69, 9.17) is 13.6 Å². The van der Waals surface area contributed by atoms with Crippen LogP contribution in [0.1, 0.15) is 11.1 Å². The molecule has 1 aromatic carbocycles. The van der Waals surface area contributed by atoms with Gasteiger partial charge in [0.15, 0.2) is 0 Å². The van der Waals surface area contributed by atoms with Gasteiger partial charge in [0.1, 0.15) is 13.7 Å². The molecule has 0 aromatic heterocycles. The van der Waals surface area contributed by atoms with Gasteiger partial charge in [-0.2, -0.15) is 0 Å². The van der Waals surface area contributed by atoms with Crippen LogP contribution in [0.15, 0.2) is 23.2 Å². The molecule has 2 radical (unpaired) electrons. The first kappa shape index (κ1) is 6.46. The summed E-state index contributed by atoms with van der Waals surface area (Å²) in [7, 11) is 5.58. The van der Waals surface area contributed by atoms with Crippen molar-refractivity contribution in [1.29, 1.82) is 0 Å². The molecule has 0 unspecified atom stereocenters. The zero-order valence-electron chi connectivity index (χ0n) is 6.04. The normalized spacial score (nSPS) is 14.4. The van der Waals surface area contributed by atoms with Crippen molar-refractivity contribution in [3.8, 4) is 0 Å². The van der Waals surface area contributed by atoms with Crippen molar-refractivity contribution in [2.24, 2.45) is 10.7 Å². The summed E-state index contributed by atoms with van der Waals surface area (Å²) in [5.41, 5.74) is 8.50. The van der Waals surface area contributed by atoms with Crippen LogP contribution < -0.4 is 11.2 Å². The van der Waals surface area contributed by atoms with Crippen molar-refractivity contribution in [1.82, 2.24) is 0 Å². The standard InChI is InChI=1S/C8H7BN2/c9-6-2-1-5-4-11-8(10)7(5)3-6/h1-3H,4H2,(H2,10,11). The highest BCUT2D eigenvalue weighted by atomic mass is 14.9. The molecule has 0 bridgehead atoms. The lowest BCUT2D eigenvalue weighted by Gasteiger charge is -1.99. The Kier molecular flexibility index (Phi) is 1.25. The molecular formula is C8H7BN2. The van der Waals surface area contributed by atoms with Crippen molar-refractivity contribution in [3.05, 3.63) is 29.3 Å². The predicted octanol–water partition coefficient (Wildman–Crippen LogP) is -0.301. The average Bonchev–Trinajstić information content (AvgIpc) is 2.33. The number of amidine groups is 1. The smallest absolute Gasteiger partial charge is 0.126 e. The van der Waals surface area contributed by atoms with Gasteiger partial charge in [0, 0.05) is 5.56 Å². The number of aliphatic imine (C=N–C) groups is 1. The highest BCUT2D eigenvalue weighted by molar-refractivity contribution is 6.32. The summed E-state index contributed by atoms with van der Waals surface area (Å²) < 4.78 is 0. The van der Waals surface area contributed by atoms with E-state index in [0.717, 1.165) is 16.6 Å². The second-order valence-corrected chi connectivity index (χ2v) is 2.62. The molecule has 0 saturated heterocycles. The largest absolute Gasteiger partial charge is 0.383 e. The monoisotopic (exact) mass is 142 g/mol. The first-order valence-corrected chi connectivity index (χ1v) is 3.46. The number of benzene rings is 1. The van der Waals surface area contributed by atoms with Crippen LogP contribution in [0, 0.1) is 0 Å². The van der Waals surface area contributed by atoms with Gasteiger partial charge in [0.25, 0.3) is 0 Å². The first-order chi connectivity index (χ1) is 5.27. The molecule has 0 aliphatic carbocycles. The fourth-order valence-corrected chi connectivity index (χ4v) is 1.23. The quantitative estimate of drug-likeness (QED) is 0.496. The second-order valence-electron chi connectivity index (χ2n) is 2.62. The van der Waals surface area contributed by atoms with Gasteiger partial charge in [0.2, 0.25) is 0 Å². The summed E-state index contributed by atoms with van der Waals surface area (Å²) in [5, 5.41) is 0. The van der Waals surface area contributed by atoms with E-state index in [1.165, 1.54) is 0 Å². The number of rotatable bonds is 0. The minimum absolute atomic E-state index is 0.604. The fraction of sp³-hybridized carbons (Fsp3) is 0.125. The predicted molar refractivity (Wildman–Crippen MR) is 46.3 cm³/mol. The lowest BCUT2D eigenvalue weighted by Crippen LogP contribution is -2.14. The molecule has 0 fully saturated rings. The van der Waals surface area contributed by atoms with Crippen LogP contribution in [0.4, 0.5) is 0 Å². The number of nitrogens with zero attached hydrogens (tertiary/aromatic N) is 1. The van der Waals surface area contributed by atoms with E-state index in [1.54, 1.807) is 0 Å². The number of nitrogens with two attached hydrogens (primary N) is 1. The summed E-state index contributed by atoms with van der Waals surface area (Å²) in [4.78, 5) is 4.08. The Labute approximate surface area is 66.5 Å². The molecule has 0 atom stereocenters. The van der Waals surface area contributed by atoms with Crippen molar-refractivity contribution in [2.45, 2.75) is 6.54 Å². The van der Waals surface area contributed by atoms with Crippen LogP contribution >= 0.6 is 0 Å². The number of fused-ring (bicyclic) bond motifs is 1. The van der Waals surface area contributed by atoms with Crippen LogP contribution in [0.5, 0.6) is 0 Å². The third-order valence-electron chi connectivity index (χ3n) is 1.83. The summed E-state index contributed by atoms with van der Waals surface area (Å²) >= 11 is 0. The third-order valence-corrected chi connectivity index (χ3v) is 1.83. The molecule has 3 heteroatoms. The average molecular weight is 142 g/mol. The van der Waals surface area contributed by atoms with Crippen LogP contribution in [-0.2, 0) is 6.54 Å². The Balaban J connectivity index is 2.60. The van der Waals surface area contributed by atoms with Gasteiger partial charge in [0.05, 0.1) is 6.54 Å². The Bertz CT molecular complexity index is 331. The second kappa shape index (κ2) is 2.12. The van der Waals surface area contributed by atoms with Crippen LogP contribution in [0.3, 0.4) is 0 Å². The molecule has 1 heterocycles. The van der Waals surface area contributed by atoms with Gasteiger partial charge in [-0.15, -0.1) is 0 Å². The van der Waals surface area contributed by atoms with Gasteiger partial charge in [-0.25, -0.2) is 0 Å². The molecule has 52 valence electrons. The Hall–Kier alpha value is -1.25. The highest BCUT2D eigenvalue weighted by Gasteiger charge is 2.11. The fourth-order valence-electron chi connectivity index (χ4n) is 1.23. The lowest BCUT2D eigenvalue weighted by atomic mass is 9.92. The third kappa shape index (κ3) is 0.927. The van der Waals surface area contributed by atoms with Crippen LogP contribution in [0.25, 0.3) is 0 Å². The maximum Gasteiger partial charge on any atom is 0.126 e. The van der Waals surface area contributed by atoms with E-state index in [2.05, 4.69) is 4.99 Å². The summed E-state index contributed by atoms with van der Waals surface area (Å²) in [6, 6.07) is 5.70. The molecule has 1 aliphatic rings. The summed E-state index contributed by atoms with van der Waals surface area (Å²) in [5.74, 6) is 0.604. The number of hydrogen-bond donors (Lipinski definition) is 1. The zero-order chi connectivity index (χ0) is 7.84. The van der Waals surface area contributed by atoms with E-state index < -0.39 is 0 Å². The van der Waals surface area contributed by atoms with Crippen molar-refractivity contribution >= 4 is 19.1 Å². The van der Waals surface area contributed by atoms with Crippen molar-refractivity contribution in [2.75, 3.05) is 0 Å². The van der Waals surface area contributed by atoms with Gasteiger partial charge < -0.3 is 5.73 Å². The van der Waals surface area contributed by atoms with E-state index in [0.29, 0.717) is 12.4 Å². The molecule has 0 amide bonds. The lowest BCUT2D eigenvalue weighted by molar-refractivity contribution is 1.11. The zero-order valence-corrected chi connectivity index (χ0v) is 6.04. The molecule has 1 aliphatic heterocycles. The molecule has 2 rings (SSSR count). The van der Waals surface area contributed by atoms with Gasteiger partial charge in [-0.1, -0.05) is 23.7 Å². The highest BCUT2D eigenvalue weighted by Crippen LogP contribution is 2.14. The molecule has 2 nitrogen and oxygen atoms in total. The van der Waals surface area contributed by atoms with Gasteiger partial charge in [-0.05, 0) is 5.56 Å². The topological polar surface area (TPSA) is 38.4 Å². The SMILES string of the molecule is [B]c1ccc2c(c1)C(N)=NC2. The molecule has 0 spiro atoms. The number of hydrogen-bond acceptors (Lipinski definition) is 2. The molecule has 11 heavy (non-hydrogen) atoms. The molecule has 2 N–H and O–H groups in total. The van der Waals surface area contributed by atoms with Gasteiger partial charge >= 0.3 is 0 Å². The maximum absolute atomic E-state index is 5.61. The summed E-state index contributed by atoms with van der Waals surface area (Å²) in [6.07, 6.45) is 0.